The molecule has 0 amide bonds. The Bertz CT molecular complexity index is 565. The van der Waals surface area contributed by atoms with Gasteiger partial charge in [0, 0.05) is 17.6 Å². The monoisotopic (exact) mass is 329 g/mol. The van der Waals surface area contributed by atoms with Crippen LogP contribution in [-0.2, 0) is 19.4 Å². The molecule has 1 nitrogen and oxygen atoms in total. The molecule has 2 heteroatoms. The summed E-state index contributed by atoms with van der Waals surface area (Å²) in [7, 11) is 0. The Balaban J connectivity index is 1.53. The molecule has 0 saturated heterocycles. The minimum absolute atomic E-state index is 1.10. The van der Waals surface area contributed by atoms with Gasteiger partial charge in [0.2, 0.25) is 0 Å². The number of hydrogen-bond donors (Lipinski definition) is 0. The summed E-state index contributed by atoms with van der Waals surface area (Å²) in [6.45, 7) is 3.49. The van der Waals surface area contributed by atoms with Crippen molar-refractivity contribution < 1.29 is 0 Å². The topological polar surface area (TPSA) is 3.24 Å². The number of nitrogens with zero attached hydrogens (tertiary/aromatic N) is 1. The highest BCUT2D eigenvalue weighted by molar-refractivity contribution is 9.10. The van der Waals surface area contributed by atoms with Crippen LogP contribution in [0.3, 0.4) is 0 Å². The van der Waals surface area contributed by atoms with Crippen molar-refractivity contribution in [3.05, 3.63) is 69.7 Å². The lowest BCUT2D eigenvalue weighted by Gasteiger charge is -2.28. The van der Waals surface area contributed by atoms with Gasteiger partial charge < -0.3 is 0 Å². The van der Waals surface area contributed by atoms with E-state index >= 15 is 0 Å². The molecule has 2 aromatic carbocycles. The molecule has 0 saturated carbocycles. The first-order valence-corrected chi connectivity index (χ1v) is 8.14. The first-order chi connectivity index (χ1) is 9.81. The van der Waals surface area contributed by atoms with Gasteiger partial charge in [-0.25, -0.2) is 0 Å². The molecule has 0 aromatic heterocycles. The predicted octanol–water partition coefficient (Wildman–Crippen LogP) is 4.44. The van der Waals surface area contributed by atoms with E-state index in [2.05, 4.69) is 69.4 Å². The van der Waals surface area contributed by atoms with Gasteiger partial charge in [-0.1, -0.05) is 52.3 Å². The number of hydrogen-bond acceptors (Lipinski definition) is 1. The summed E-state index contributed by atoms with van der Waals surface area (Å²) >= 11 is 3.58. The largest absolute Gasteiger partial charge is 0.299 e. The van der Waals surface area contributed by atoms with Crippen LogP contribution in [0.15, 0.2) is 53.0 Å². The highest BCUT2D eigenvalue weighted by Crippen LogP contribution is 2.23. The molecule has 2 aromatic rings. The van der Waals surface area contributed by atoms with Crippen molar-refractivity contribution in [1.29, 1.82) is 0 Å². The summed E-state index contributed by atoms with van der Waals surface area (Å²) in [5, 5.41) is 0. The maximum absolute atomic E-state index is 3.58. The Morgan fingerprint density at radius 1 is 1.00 bits per heavy atom. The summed E-state index contributed by atoms with van der Waals surface area (Å²) in [5.74, 6) is 0. The zero-order chi connectivity index (χ0) is 13.8. The molecular weight excluding hydrogens is 310 g/mol. The fraction of sp³-hybridized carbons (Fsp3) is 0.333. The van der Waals surface area contributed by atoms with E-state index < -0.39 is 0 Å². The van der Waals surface area contributed by atoms with Gasteiger partial charge in [-0.2, -0.15) is 0 Å². The summed E-state index contributed by atoms with van der Waals surface area (Å²) < 4.78 is 1.20. The third kappa shape index (κ3) is 3.50. The second kappa shape index (κ2) is 6.55. The molecule has 0 N–H and O–H groups in total. The normalized spacial score (nSPS) is 15.1. The van der Waals surface area contributed by atoms with E-state index in [1.54, 1.807) is 0 Å². The van der Waals surface area contributed by atoms with Crippen LogP contribution in [0.25, 0.3) is 0 Å². The fourth-order valence-corrected chi connectivity index (χ4v) is 3.33. The molecule has 0 unspecified atom stereocenters. The molecule has 3 rings (SSSR count). The first-order valence-electron chi connectivity index (χ1n) is 7.35. The number of fused-ring (bicyclic) bond motifs is 1. The molecule has 0 aliphatic carbocycles. The van der Waals surface area contributed by atoms with Gasteiger partial charge in [-0.3, -0.25) is 4.90 Å². The quantitative estimate of drug-likeness (QED) is 0.801. The Kier molecular flexibility index (Phi) is 4.54. The lowest BCUT2D eigenvalue weighted by Crippen LogP contribution is -2.31. The number of benzene rings is 2. The van der Waals surface area contributed by atoms with Gasteiger partial charge >= 0.3 is 0 Å². The molecule has 0 spiro atoms. The predicted molar refractivity (Wildman–Crippen MR) is 87.9 cm³/mol. The summed E-state index contributed by atoms with van der Waals surface area (Å²) in [6.07, 6.45) is 3.62. The first kappa shape index (κ1) is 13.8. The highest BCUT2D eigenvalue weighted by Gasteiger charge is 2.15. The smallest absolute Gasteiger partial charge is 0.0237 e. The van der Waals surface area contributed by atoms with Gasteiger partial charge in [-0.15, -0.1) is 0 Å². The van der Waals surface area contributed by atoms with Crippen molar-refractivity contribution in [2.24, 2.45) is 0 Å². The average Bonchev–Trinajstić information content (AvgIpc) is 2.48. The maximum atomic E-state index is 3.58. The van der Waals surface area contributed by atoms with Crippen LogP contribution in [0, 0.1) is 0 Å². The van der Waals surface area contributed by atoms with E-state index in [1.165, 1.54) is 53.5 Å². The number of halogens is 1. The van der Waals surface area contributed by atoms with Gasteiger partial charge in [0.05, 0.1) is 0 Å². The number of rotatable bonds is 4. The van der Waals surface area contributed by atoms with Crippen LogP contribution in [-0.4, -0.2) is 18.0 Å². The lowest BCUT2D eigenvalue weighted by molar-refractivity contribution is 0.251. The minimum Gasteiger partial charge on any atom is -0.299 e. The number of aryl methyl sites for hydroxylation is 1. The van der Waals surface area contributed by atoms with E-state index in [0.29, 0.717) is 0 Å². The summed E-state index contributed by atoms with van der Waals surface area (Å²) in [5.41, 5.74) is 4.46. The Morgan fingerprint density at radius 2 is 1.85 bits per heavy atom. The van der Waals surface area contributed by atoms with Crippen LogP contribution in [0.2, 0.25) is 0 Å². The van der Waals surface area contributed by atoms with E-state index in [1.807, 2.05) is 0 Å². The Morgan fingerprint density at radius 3 is 2.70 bits per heavy atom. The van der Waals surface area contributed by atoms with E-state index in [9.17, 15) is 0 Å². The summed E-state index contributed by atoms with van der Waals surface area (Å²) in [6, 6.07) is 17.5. The molecule has 0 radical (unpaired) electrons. The van der Waals surface area contributed by atoms with Crippen LogP contribution in [0.4, 0.5) is 0 Å². The second-order valence-electron chi connectivity index (χ2n) is 5.53. The van der Waals surface area contributed by atoms with Crippen LogP contribution >= 0.6 is 15.9 Å². The second-order valence-corrected chi connectivity index (χ2v) is 6.44. The molecule has 1 heterocycles. The third-order valence-electron chi connectivity index (χ3n) is 4.04. The molecule has 104 valence electrons. The molecule has 0 bridgehead atoms. The van der Waals surface area contributed by atoms with Crippen molar-refractivity contribution in [3.63, 3.8) is 0 Å². The van der Waals surface area contributed by atoms with Gasteiger partial charge in [0.25, 0.3) is 0 Å². The van der Waals surface area contributed by atoms with Crippen molar-refractivity contribution in [2.75, 3.05) is 13.1 Å². The standard InChI is InChI=1S/C18H20BrN/c19-18-9-8-16-10-12-20(14-17(16)13-18)11-4-7-15-5-2-1-3-6-15/h1-3,5-6,8-9,13H,4,7,10-12,14H2. The van der Waals surface area contributed by atoms with E-state index in [-0.39, 0.29) is 0 Å². The van der Waals surface area contributed by atoms with Crippen LogP contribution in [0.1, 0.15) is 23.1 Å². The molecule has 1 aliphatic rings. The molecule has 1 aliphatic heterocycles. The average molecular weight is 330 g/mol. The van der Waals surface area contributed by atoms with Gasteiger partial charge in [-0.05, 0) is 54.6 Å². The highest BCUT2D eigenvalue weighted by atomic mass is 79.9. The Hall–Kier alpha value is -1.12. The lowest BCUT2D eigenvalue weighted by atomic mass is 9.99. The minimum atomic E-state index is 1.10. The maximum Gasteiger partial charge on any atom is 0.0237 e. The van der Waals surface area contributed by atoms with Crippen LogP contribution in [0.5, 0.6) is 0 Å². The fourth-order valence-electron chi connectivity index (χ4n) is 2.93. The SMILES string of the molecule is Brc1ccc2c(c1)CN(CCCc1ccccc1)CC2. The van der Waals surface area contributed by atoms with Gasteiger partial charge in [0.15, 0.2) is 0 Å². The third-order valence-corrected chi connectivity index (χ3v) is 4.54. The van der Waals surface area contributed by atoms with E-state index in [4.69, 9.17) is 0 Å². The molecule has 20 heavy (non-hydrogen) atoms. The zero-order valence-corrected chi connectivity index (χ0v) is 13.3. The molecular formula is C18H20BrN. The van der Waals surface area contributed by atoms with E-state index in [0.717, 1.165) is 6.54 Å². The van der Waals surface area contributed by atoms with Gasteiger partial charge in [0.1, 0.15) is 0 Å². The summed E-state index contributed by atoms with van der Waals surface area (Å²) in [4.78, 5) is 2.58. The molecule has 0 fully saturated rings. The van der Waals surface area contributed by atoms with Crippen molar-refractivity contribution in [2.45, 2.75) is 25.8 Å². The van der Waals surface area contributed by atoms with Crippen molar-refractivity contribution in [1.82, 2.24) is 4.90 Å². The molecule has 0 atom stereocenters. The Labute approximate surface area is 129 Å². The zero-order valence-electron chi connectivity index (χ0n) is 11.7. The van der Waals surface area contributed by atoms with Crippen molar-refractivity contribution >= 4 is 15.9 Å². The van der Waals surface area contributed by atoms with Crippen LogP contribution < -0.4 is 0 Å². The van der Waals surface area contributed by atoms with Crippen molar-refractivity contribution in [3.8, 4) is 0 Å².